The van der Waals surface area contributed by atoms with E-state index in [1.165, 1.54) is 12.1 Å². The van der Waals surface area contributed by atoms with E-state index in [1.807, 2.05) is 45.9 Å². The van der Waals surface area contributed by atoms with Crippen LogP contribution < -0.4 is 15.4 Å². The van der Waals surface area contributed by atoms with E-state index in [0.717, 1.165) is 11.1 Å². The van der Waals surface area contributed by atoms with E-state index < -0.39 is 35.6 Å². The normalized spacial score (nSPS) is 13.3. The maximum atomic E-state index is 14.7. The van der Waals surface area contributed by atoms with Crippen molar-refractivity contribution in [1.29, 1.82) is 0 Å². The molecule has 0 aliphatic rings. The summed E-state index contributed by atoms with van der Waals surface area (Å²) in [5.41, 5.74) is 3.04. The zero-order chi connectivity index (χ0) is 32.6. The van der Waals surface area contributed by atoms with Crippen LogP contribution in [0.4, 0.5) is 10.5 Å². The van der Waals surface area contributed by atoms with Crippen LogP contribution in [-0.2, 0) is 20.7 Å². The van der Waals surface area contributed by atoms with Crippen molar-refractivity contribution in [1.82, 2.24) is 10.2 Å². The van der Waals surface area contributed by atoms with Crippen molar-refractivity contribution < 1.29 is 29.0 Å². The molecule has 9 heteroatoms. The molecule has 0 bridgehead atoms. The maximum absolute atomic E-state index is 14.7. The van der Waals surface area contributed by atoms with E-state index >= 15 is 0 Å². The lowest BCUT2D eigenvalue weighted by atomic mass is 9.94. The maximum Gasteiger partial charge on any atom is 0.408 e. The number of hydrogen-bond donors (Lipinski definition) is 3. The van der Waals surface area contributed by atoms with Gasteiger partial charge in [0.1, 0.15) is 29.2 Å². The molecular formula is C35H45N3O6. The van der Waals surface area contributed by atoms with Gasteiger partial charge in [0.05, 0.1) is 7.11 Å². The molecule has 0 fully saturated rings. The van der Waals surface area contributed by atoms with Gasteiger partial charge in [0, 0.05) is 18.2 Å². The number of benzene rings is 3. The third-order valence-corrected chi connectivity index (χ3v) is 7.29. The molecule has 44 heavy (non-hydrogen) atoms. The number of phenols is 1. The highest BCUT2D eigenvalue weighted by atomic mass is 16.6. The summed E-state index contributed by atoms with van der Waals surface area (Å²) in [6, 6.07) is 16.7. The van der Waals surface area contributed by atoms with Gasteiger partial charge < -0.3 is 30.1 Å². The van der Waals surface area contributed by atoms with Crippen molar-refractivity contribution in [2.45, 2.75) is 85.0 Å². The molecule has 9 nitrogen and oxygen atoms in total. The molecular weight excluding hydrogens is 558 g/mol. The highest BCUT2D eigenvalue weighted by Crippen LogP contribution is 2.31. The van der Waals surface area contributed by atoms with Crippen molar-refractivity contribution in [3.63, 3.8) is 0 Å². The Kier molecular flexibility index (Phi) is 11.4. The lowest BCUT2D eigenvalue weighted by molar-refractivity contribution is -0.143. The average Bonchev–Trinajstić information content (AvgIpc) is 2.96. The van der Waals surface area contributed by atoms with Gasteiger partial charge in [-0.3, -0.25) is 9.59 Å². The second kappa shape index (κ2) is 14.8. The number of nitrogens with one attached hydrogen (secondary N) is 2. The summed E-state index contributed by atoms with van der Waals surface area (Å²) in [4.78, 5) is 43.5. The molecule has 0 heterocycles. The van der Waals surface area contributed by atoms with Crippen molar-refractivity contribution >= 4 is 23.6 Å². The summed E-state index contributed by atoms with van der Waals surface area (Å²) < 4.78 is 10.8. The molecule has 3 aromatic carbocycles. The number of amides is 3. The van der Waals surface area contributed by atoms with Crippen molar-refractivity contribution in [3.8, 4) is 11.5 Å². The van der Waals surface area contributed by atoms with Crippen LogP contribution in [0.1, 0.15) is 69.3 Å². The molecule has 3 unspecified atom stereocenters. The van der Waals surface area contributed by atoms with Gasteiger partial charge in [-0.25, -0.2) is 4.79 Å². The van der Waals surface area contributed by atoms with E-state index in [2.05, 4.69) is 10.6 Å². The fourth-order valence-corrected chi connectivity index (χ4v) is 4.93. The zero-order valence-electron chi connectivity index (χ0n) is 26.9. The number of nitrogens with zero attached hydrogens (tertiary/aromatic N) is 1. The van der Waals surface area contributed by atoms with E-state index in [9.17, 15) is 19.5 Å². The first-order valence-electron chi connectivity index (χ1n) is 14.8. The number of phenolic OH excluding ortho intramolecular Hbond substituents is 1. The van der Waals surface area contributed by atoms with Crippen LogP contribution in [0.5, 0.6) is 11.5 Å². The number of rotatable bonds is 11. The van der Waals surface area contributed by atoms with Gasteiger partial charge in [-0.05, 0) is 101 Å². The Morgan fingerprint density at radius 1 is 0.955 bits per heavy atom. The average molecular weight is 604 g/mol. The second-order valence-electron chi connectivity index (χ2n) is 12.1. The molecule has 0 radical (unpaired) electrons. The molecule has 3 amide bonds. The van der Waals surface area contributed by atoms with Crippen molar-refractivity contribution in [2.24, 2.45) is 0 Å². The Balaban J connectivity index is 2.11. The number of carbonyl (C=O) groups is 3. The van der Waals surface area contributed by atoms with Crippen LogP contribution >= 0.6 is 0 Å². The summed E-state index contributed by atoms with van der Waals surface area (Å²) in [5, 5.41) is 15.6. The monoisotopic (exact) mass is 603 g/mol. The van der Waals surface area contributed by atoms with Gasteiger partial charge in [0.15, 0.2) is 0 Å². The number of methoxy groups -OCH3 is 1. The van der Waals surface area contributed by atoms with Crippen molar-refractivity contribution in [3.05, 3.63) is 89.0 Å². The van der Waals surface area contributed by atoms with E-state index in [-0.39, 0.29) is 18.2 Å². The first-order chi connectivity index (χ1) is 20.7. The van der Waals surface area contributed by atoms with Gasteiger partial charge in [-0.15, -0.1) is 0 Å². The molecule has 3 rings (SSSR count). The van der Waals surface area contributed by atoms with E-state index in [0.29, 0.717) is 29.0 Å². The van der Waals surface area contributed by atoms with Crippen LogP contribution in [0, 0.1) is 13.8 Å². The van der Waals surface area contributed by atoms with Crippen LogP contribution in [0.15, 0.2) is 66.7 Å². The molecule has 0 saturated heterocycles. The second-order valence-corrected chi connectivity index (χ2v) is 12.1. The minimum absolute atomic E-state index is 0.0862. The molecule has 236 valence electrons. The SMILES string of the molecule is CCC(C)N(C(=O)C(Cc1ccc(O)cc1)NC(=O)OC(C)(C)C)C(C(=O)Nc1ccc(OC)cc1)c1ccc(C)cc1C. The van der Waals surface area contributed by atoms with Gasteiger partial charge in [0.25, 0.3) is 5.91 Å². The Labute approximate surface area is 260 Å². The number of alkyl carbamates (subject to hydrolysis) is 1. The summed E-state index contributed by atoms with van der Waals surface area (Å²) in [5.74, 6) is -0.0942. The number of ether oxygens (including phenoxy) is 2. The third-order valence-electron chi connectivity index (χ3n) is 7.29. The summed E-state index contributed by atoms with van der Waals surface area (Å²) in [6.07, 6.45) is -0.0729. The summed E-state index contributed by atoms with van der Waals surface area (Å²) in [6.45, 7) is 13.0. The molecule has 0 aliphatic carbocycles. The lowest BCUT2D eigenvalue weighted by Gasteiger charge is -2.39. The van der Waals surface area contributed by atoms with Crippen LogP contribution in [0.3, 0.4) is 0 Å². The number of aromatic hydroxyl groups is 1. The highest BCUT2D eigenvalue weighted by molar-refractivity contribution is 5.99. The summed E-state index contributed by atoms with van der Waals surface area (Å²) >= 11 is 0. The molecule has 3 N–H and O–H groups in total. The largest absolute Gasteiger partial charge is 0.508 e. The Bertz CT molecular complexity index is 1430. The minimum Gasteiger partial charge on any atom is -0.508 e. The quantitative estimate of drug-likeness (QED) is 0.232. The van der Waals surface area contributed by atoms with Crippen LogP contribution in [-0.4, -0.2) is 52.7 Å². The first-order valence-corrected chi connectivity index (χ1v) is 14.8. The van der Waals surface area contributed by atoms with Gasteiger partial charge in [-0.1, -0.05) is 42.8 Å². The Morgan fingerprint density at radius 2 is 1.59 bits per heavy atom. The van der Waals surface area contributed by atoms with Gasteiger partial charge in [0.2, 0.25) is 5.91 Å². The molecule has 3 atom stereocenters. The Hall–Kier alpha value is -4.53. The molecule has 0 saturated carbocycles. The van der Waals surface area contributed by atoms with E-state index in [1.54, 1.807) is 69.2 Å². The number of anilines is 1. The van der Waals surface area contributed by atoms with Crippen LogP contribution in [0.25, 0.3) is 0 Å². The minimum atomic E-state index is -1.06. The molecule has 3 aromatic rings. The van der Waals surface area contributed by atoms with Crippen LogP contribution in [0.2, 0.25) is 0 Å². The highest BCUT2D eigenvalue weighted by Gasteiger charge is 2.39. The molecule has 0 spiro atoms. The smallest absolute Gasteiger partial charge is 0.408 e. The third kappa shape index (κ3) is 9.23. The van der Waals surface area contributed by atoms with E-state index in [4.69, 9.17) is 9.47 Å². The number of carbonyl (C=O) groups excluding carboxylic acids is 3. The predicted molar refractivity (Wildman–Crippen MR) is 172 cm³/mol. The first kappa shape index (κ1) is 34.0. The topological polar surface area (TPSA) is 117 Å². The number of hydrogen-bond acceptors (Lipinski definition) is 6. The fourth-order valence-electron chi connectivity index (χ4n) is 4.93. The molecule has 0 aliphatic heterocycles. The molecule has 0 aromatic heterocycles. The van der Waals surface area contributed by atoms with Gasteiger partial charge in [-0.2, -0.15) is 0 Å². The van der Waals surface area contributed by atoms with Crippen molar-refractivity contribution in [2.75, 3.05) is 12.4 Å². The standard InChI is InChI=1S/C35H45N3O6/c1-9-24(4)38(33(41)30(37-34(42)44-35(5,6)7)21-25-11-15-27(39)16-12-25)31(29-19-10-22(2)20-23(29)3)32(40)36-26-13-17-28(43-8)18-14-26/h10-20,24,30-31,39H,9,21H2,1-8H3,(H,36,40)(H,37,42). The predicted octanol–water partition coefficient (Wildman–Crippen LogP) is 6.46. The van der Waals surface area contributed by atoms with Gasteiger partial charge >= 0.3 is 6.09 Å². The summed E-state index contributed by atoms with van der Waals surface area (Å²) in [7, 11) is 1.57. The zero-order valence-corrected chi connectivity index (χ0v) is 26.9. The number of aryl methyl sites for hydroxylation is 2. The fraction of sp³-hybridized carbons (Fsp3) is 0.400. The Morgan fingerprint density at radius 3 is 2.14 bits per heavy atom. The lowest BCUT2D eigenvalue weighted by Crippen LogP contribution is -2.55.